The molecule has 1 aromatic heterocycles. The zero-order valence-corrected chi connectivity index (χ0v) is 19.0. The van der Waals surface area contributed by atoms with E-state index in [-0.39, 0.29) is 18.0 Å². The zero-order valence-electron chi connectivity index (χ0n) is 16.6. The van der Waals surface area contributed by atoms with Gasteiger partial charge in [-0.3, -0.25) is 10.2 Å². The second-order valence-electron chi connectivity index (χ2n) is 6.89. The number of hydrogen-bond acceptors (Lipinski definition) is 5. The van der Waals surface area contributed by atoms with E-state index in [2.05, 4.69) is 26.0 Å². The molecule has 1 amide bonds. The Kier molecular flexibility index (Phi) is 5.50. The number of nitrogens with one attached hydrogen (secondary N) is 1. The average molecular weight is 506 g/mol. The van der Waals surface area contributed by atoms with Crippen molar-refractivity contribution in [2.75, 3.05) is 6.61 Å². The van der Waals surface area contributed by atoms with Gasteiger partial charge in [0, 0.05) is 22.1 Å². The van der Waals surface area contributed by atoms with E-state index in [1.165, 1.54) is 16.8 Å². The molecule has 5 rings (SSSR count). The molecule has 1 N–H and O–H groups in total. The molecule has 0 bridgehead atoms. The average Bonchev–Trinajstić information content (AvgIpc) is 3.43. The first-order chi connectivity index (χ1) is 15.6. The van der Waals surface area contributed by atoms with E-state index in [1.807, 2.05) is 77.5 Å². The highest BCUT2D eigenvalue weighted by Crippen LogP contribution is 2.29. The Bertz CT molecular complexity index is 1300. The lowest BCUT2D eigenvalue weighted by Crippen LogP contribution is -2.35. The number of ether oxygens (including phenoxy) is 1. The van der Waals surface area contributed by atoms with Crippen LogP contribution in [0.3, 0.4) is 0 Å². The summed E-state index contributed by atoms with van der Waals surface area (Å²) in [4.78, 5) is 16.9. The number of fused-ring (bicyclic) bond motifs is 1. The number of para-hydroxylation sites is 1. The number of hydrogen-bond donors (Lipinski definition) is 1. The van der Waals surface area contributed by atoms with Crippen LogP contribution in [-0.4, -0.2) is 38.1 Å². The zero-order chi connectivity index (χ0) is 22.1. The predicted octanol–water partition coefficient (Wildman–Crippen LogP) is 4.94. The molecule has 0 spiro atoms. The number of hydrazone groups is 1. The van der Waals surface area contributed by atoms with Crippen molar-refractivity contribution >= 4 is 55.7 Å². The molecule has 2 aliphatic heterocycles. The van der Waals surface area contributed by atoms with Crippen LogP contribution in [0.25, 0.3) is 11.8 Å². The van der Waals surface area contributed by atoms with E-state index in [9.17, 15) is 4.79 Å². The summed E-state index contributed by atoms with van der Waals surface area (Å²) in [6, 6.07) is 21.0. The van der Waals surface area contributed by atoms with Gasteiger partial charge in [0.05, 0.1) is 5.57 Å². The third-order valence-corrected chi connectivity index (χ3v) is 6.19. The number of aromatic nitrogens is 1. The fourth-order valence-corrected chi connectivity index (χ4v) is 4.31. The van der Waals surface area contributed by atoms with Gasteiger partial charge in [0.2, 0.25) is 5.17 Å². The third-order valence-electron chi connectivity index (χ3n) is 4.78. The minimum absolute atomic E-state index is 0.00855. The van der Waals surface area contributed by atoms with Crippen LogP contribution in [0.2, 0.25) is 0 Å². The fourth-order valence-electron chi connectivity index (χ4n) is 3.25. The Labute approximate surface area is 196 Å². The summed E-state index contributed by atoms with van der Waals surface area (Å²) < 4.78 is 8.66. The molecule has 2 aromatic carbocycles. The maximum atomic E-state index is 12.7. The number of benzene rings is 2. The lowest BCUT2D eigenvalue weighted by molar-refractivity contribution is -0.114. The number of halogens is 1. The van der Waals surface area contributed by atoms with Crippen LogP contribution < -0.4 is 4.74 Å². The molecule has 2 aliphatic rings. The number of rotatable bonds is 5. The van der Waals surface area contributed by atoms with Gasteiger partial charge in [0.25, 0.3) is 5.91 Å². The van der Waals surface area contributed by atoms with Crippen molar-refractivity contribution < 1.29 is 9.53 Å². The first-order valence-electron chi connectivity index (χ1n) is 9.69. The number of amides is 1. The first-order valence-corrected chi connectivity index (χ1v) is 11.3. The second-order valence-corrected chi connectivity index (χ2v) is 8.85. The summed E-state index contributed by atoms with van der Waals surface area (Å²) in [5, 5.41) is 15.4. The number of aliphatic imine (C=N–C) groups is 1. The van der Waals surface area contributed by atoms with E-state index in [1.54, 1.807) is 6.08 Å². The number of carbonyl (C=O) groups excluding carboxylic acids is 1. The molecule has 0 unspecified atom stereocenters. The van der Waals surface area contributed by atoms with Crippen molar-refractivity contribution in [3.8, 4) is 11.4 Å². The molecule has 0 saturated carbocycles. The Balaban J connectivity index is 1.39. The smallest absolute Gasteiger partial charge is 0.283 e. The van der Waals surface area contributed by atoms with Gasteiger partial charge in [-0.15, -0.1) is 0 Å². The summed E-state index contributed by atoms with van der Waals surface area (Å²) in [7, 11) is 0. The van der Waals surface area contributed by atoms with Gasteiger partial charge < -0.3 is 9.30 Å². The predicted molar refractivity (Wildman–Crippen MR) is 130 cm³/mol. The molecular formula is C23H16BrN5O2S. The monoisotopic (exact) mass is 505 g/mol. The molecular weight excluding hydrogens is 490 g/mol. The van der Waals surface area contributed by atoms with Crippen molar-refractivity contribution in [3.63, 3.8) is 0 Å². The minimum atomic E-state index is -0.460. The molecule has 0 fully saturated rings. The number of carbonyl (C=O) groups is 1. The van der Waals surface area contributed by atoms with Crippen LogP contribution in [0.5, 0.6) is 5.75 Å². The summed E-state index contributed by atoms with van der Waals surface area (Å²) >= 11 is 4.68. The Morgan fingerprint density at radius 3 is 2.62 bits per heavy atom. The van der Waals surface area contributed by atoms with Crippen LogP contribution >= 0.6 is 27.7 Å². The topological polar surface area (TPSA) is 83.0 Å². The van der Waals surface area contributed by atoms with E-state index >= 15 is 0 Å². The highest BCUT2D eigenvalue weighted by molar-refractivity contribution is 9.10. The summed E-state index contributed by atoms with van der Waals surface area (Å²) in [5.74, 6) is 0.256. The Morgan fingerprint density at radius 2 is 1.84 bits per heavy atom. The SMILES string of the molecule is N=C1/C(=C\c2cccn2-c2ccc(Br)cc2)C(=O)N=C2SC(COc3ccccc3)=NN12. The molecule has 9 heteroatoms. The van der Waals surface area contributed by atoms with Gasteiger partial charge in [0.15, 0.2) is 5.84 Å². The molecule has 0 saturated heterocycles. The van der Waals surface area contributed by atoms with Crippen LogP contribution in [0, 0.1) is 5.41 Å². The van der Waals surface area contributed by atoms with Gasteiger partial charge in [-0.05, 0) is 66.4 Å². The molecule has 0 radical (unpaired) electrons. The Morgan fingerprint density at radius 1 is 1.06 bits per heavy atom. The normalized spacial score (nSPS) is 16.8. The summed E-state index contributed by atoms with van der Waals surface area (Å²) in [6.07, 6.45) is 3.58. The van der Waals surface area contributed by atoms with E-state index in [0.717, 1.165) is 21.6 Å². The maximum absolute atomic E-state index is 12.7. The highest BCUT2D eigenvalue weighted by Gasteiger charge is 2.35. The van der Waals surface area contributed by atoms with Gasteiger partial charge in [-0.1, -0.05) is 34.1 Å². The number of thioether (sulfide) groups is 1. The minimum Gasteiger partial charge on any atom is -0.487 e. The number of nitrogens with zero attached hydrogens (tertiary/aromatic N) is 4. The van der Waals surface area contributed by atoms with E-state index < -0.39 is 5.91 Å². The summed E-state index contributed by atoms with van der Waals surface area (Å²) in [5.41, 5.74) is 1.89. The fraction of sp³-hybridized carbons (Fsp3) is 0.0435. The van der Waals surface area contributed by atoms with Crippen molar-refractivity contribution in [2.24, 2.45) is 10.1 Å². The van der Waals surface area contributed by atoms with E-state index in [4.69, 9.17) is 10.1 Å². The molecule has 3 heterocycles. The first kappa shape index (κ1) is 20.5. The van der Waals surface area contributed by atoms with Crippen LogP contribution in [0.4, 0.5) is 0 Å². The van der Waals surface area contributed by atoms with Gasteiger partial charge in [0.1, 0.15) is 17.4 Å². The molecule has 158 valence electrons. The van der Waals surface area contributed by atoms with E-state index in [0.29, 0.717) is 10.2 Å². The van der Waals surface area contributed by atoms with Gasteiger partial charge >= 0.3 is 0 Å². The highest BCUT2D eigenvalue weighted by atomic mass is 79.9. The lowest BCUT2D eigenvalue weighted by atomic mass is 10.1. The third kappa shape index (κ3) is 4.04. The largest absolute Gasteiger partial charge is 0.487 e. The van der Waals surface area contributed by atoms with Crippen LogP contribution in [0.15, 0.2) is 93.1 Å². The van der Waals surface area contributed by atoms with Gasteiger partial charge in [-0.25, -0.2) is 0 Å². The standard InChI is InChI=1S/C23H16BrN5O2S/c24-15-8-10-16(11-9-15)28-12-4-5-17(28)13-19-21(25)29-23(26-22(19)30)32-20(27-29)14-31-18-6-2-1-3-7-18/h1-13,25H,14H2/b19-13+,25-21?. The lowest BCUT2D eigenvalue weighted by Gasteiger charge is -2.20. The van der Waals surface area contributed by atoms with Crippen molar-refractivity contribution in [3.05, 3.63) is 88.7 Å². The summed E-state index contributed by atoms with van der Waals surface area (Å²) in [6.45, 7) is 0.233. The second kappa shape index (κ2) is 8.60. The maximum Gasteiger partial charge on any atom is 0.283 e. The van der Waals surface area contributed by atoms with Crippen molar-refractivity contribution in [2.45, 2.75) is 0 Å². The molecule has 32 heavy (non-hydrogen) atoms. The quantitative estimate of drug-likeness (QED) is 0.497. The Hall–Kier alpha value is -3.43. The van der Waals surface area contributed by atoms with Crippen LogP contribution in [0.1, 0.15) is 5.69 Å². The van der Waals surface area contributed by atoms with Crippen molar-refractivity contribution in [1.29, 1.82) is 5.41 Å². The van der Waals surface area contributed by atoms with Crippen LogP contribution in [-0.2, 0) is 4.79 Å². The molecule has 3 aromatic rings. The molecule has 0 aliphatic carbocycles. The molecule has 7 nitrogen and oxygen atoms in total. The van der Waals surface area contributed by atoms with Gasteiger partial charge in [-0.2, -0.15) is 15.1 Å². The molecule has 0 atom stereocenters. The van der Waals surface area contributed by atoms with Crippen molar-refractivity contribution in [1.82, 2.24) is 9.58 Å². The number of amidine groups is 2.